The zero-order valence-electron chi connectivity index (χ0n) is 11.2. The molecule has 3 rings (SSSR count). The minimum Gasteiger partial charge on any atom is -0.311 e. The first-order valence-electron chi connectivity index (χ1n) is 6.90. The number of hydrogen-bond acceptors (Lipinski definition) is 3. The molecule has 0 saturated heterocycles. The summed E-state index contributed by atoms with van der Waals surface area (Å²) in [4.78, 5) is 13.5. The number of hydrogen-bond donors (Lipinski definition) is 0. The Balaban J connectivity index is 1.94. The number of rotatable bonds is 2. The van der Waals surface area contributed by atoms with Crippen LogP contribution in [0.25, 0.3) is 11.3 Å². The number of fused-ring (bicyclic) bond motifs is 1. The van der Waals surface area contributed by atoms with Gasteiger partial charge in [0.25, 0.3) is 0 Å². The summed E-state index contributed by atoms with van der Waals surface area (Å²) in [5.41, 5.74) is 2.71. The number of aromatic nitrogens is 4. The van der Waals surface area contributed by atoms with E-state index in [0.717, 1.165) is 35.3 Å². The van der Waals surface area contributed by atoms with Crippen molar-refractivity contribution >= 4 is 11.3 Å². The minimum atomic E-state index is 0.786. The standard InChI is InChI=1S/C14H20N4/c1-10-8-15-13-14(16-10)18(11(2)17-13)9-12-6-4-3-5-7-12/h8,12H,3-7,9H2,1-2H3. The second kappa shape index (κ2) is 4.67. The van der Waals surface area contributed by atoms with Gasteiger partial charge < -0.3 is 4.57 Å². The average molecular weight is 244 g/mol. The maximum Gasteiger partial charge on any atom is 0.197 e. The van der Waals surface area contributed by atoms with Gasteiger partial charge in [-0.2, -0.15) is 0 Å². The van der Waals surface area contributed by atoms with Gasteiger partial charge in [0.1, 0.15) is 5.82 Å². The Labute approximate surface area is 107 Å². The molecule has 0 aliphatic heterocycles. The average Bonchev–Trinajstić information content (AvgIpc) is 2.67. The second-order valence-electron chi connectivity index (χ2n) is 5.43. The van der Waals surface area contributed by atoms with Crippen molar-refractivity contribution in [2.75, 3.05) is 0 Å². The van der Waals surface area contributed by atoms with Gasteiger partial charge in [0.15, 0.2) is 11.3 Å². The van der Waals surface area contributed by atoms with Crippen LogP contribution >= 0.6 is 0 Å². The Bertz CT molecular complexity index is 552. The monoisotopic (exact) mass is 244 g/mol. The third-order valence-corrected chi connectivity index (χ3v) is 3.94. The van der Waals surface area contributed by atoms with E-state index < -0.39 is 0 Å². The Morgan fingerprint density at radius 2 is 1.94 bits per heavy atom. The lowest BCUT2D eigenvalue weighted by atomic mass is 9.89. The van der Waals surface area contributed by atoms with Gasteiger partial charge in [-0.05, 0) is 32.6 Å². The summed E-state index contributed by atoms with van der Waals surface area (Å²) < 4.78 is 2.26. The van der Waals surface area contributed by atoms with Gasteiger partial charge in [-0.3, -0.25) is 0 Å². The van der Waals surface area contributed by atoms with Crippen LogP contribution in [0.1, 0.15) is 43.6 Å². The second-order valence-corrected chi connectivity index (χ2v) is 5.43. The molecule has 0 spiro atoms. The highest BCUT2D eigenvalue weighted by molar-refractivity contribution is 5.66. The van der Waals surface area contributed by atoms with Crippen molar-refractivity contribution in [2.45, 2.75) is 52.5 Å². The summed E-state index contributed by atoms with van der Waals surface area (Å²) in [6, 6.07) is 0. The maximum atomic E-state index is 4.60. The van der Waals surface area contributed by atoms with Crippen molar-refractivity contribution in [3.63, 3.8) is 0 Å². The van der Waals surface area contributed by atoms with E-state index in [1.54, 1.807) is 6.20 Å². The first-order valence-corrected chi connectivity index (χ1v) is 6.90. The van der Waals surface area contributed by atoms with E-state index in [-0.39, 0.29) is 0 Å². The van der Waals surface area contributed by atoms with Crippen LogP contribution in [0.5, 0.6) is 0 Å². The number of nitrogens with zero attached hydrogens (tertiary/aromatic N) is 4. The molecule has 2 aromatic heterocycles. The number of aryl methyl sites for hydroxylation is 2. The molecule has 1 fully saturated rings. The molecule has 0 N–H and O–H groups in total. The summed E-state index contributed by atoms with van der Waals surface area (Å²) in [6.07, 6.45) is 8.64. The molecule has 0 atom stereocenters. The maximum absolute atomic E-state index is 4.60. The molecule has 0 radical (unpaired) electrons. The first kappa shape index (κ1) is 11.6. The molecule has 2 heterocycles. The van der Waals surface area contributed by atoms with Gasteiger partial charge in [-0.1, -0.05) is 19.3 Å². The van der Waals surface area contributed by atoms with Crippen molar-refractivity contribution < 1.29 is 0 Å². The van der Waals surface area contributed by atoms with Crippen LogP contribution in [-0.4, -0.2) is 19.5 Å². The summed E-state index contributed by atoms with van der Waals surface area (Å²) >= 11 is 0. The summed E-state index contributed by atoms with van der Waals surface area (Å²) in [7, 11) is 0. The van der Waals surface area contributed by atoms with Crippen molar-refractivity contribution in [1.29, 1.82) is 0 Å². The molecule has 0 amide bonds. The molecule has 0 aromatic carbocycles. The highest BCUT2D eigenvalue weighted by Crippen LogP contribution is 2.26. The molecule has 1 aliphatic rings. The molecular weight excluding hydrogens is 224 g/mol. The molecule has 2 aromatic rings. The Morgan fingerprint density at radius 3 is 2.72 bits per heavy atom. The third kappa shape index (κ3) is 2.11. The highest BCUT2D eigenvalue weighted by Gasteiger charge is 2.17. The zero-order chi connectivity index (χ0) is 12.5. The van der Waals surface area contributed by atoms with Crippen LogP contribution in [0, 0.1) is 19.8 Å². The van der Waals surface area contributed by atoms with Crippen molar-refractivity contribution in [3.8, 4) is 0 Å². The smallest absolute Gasteiger partial charge is 0.197 e. The van der Waals surface area contributed by atoms with Gasteiger partial charge in [0, 0.05) is 6.54 Å². The highest BCUT2D eigenvalue weighted by atomic mass is 15.2. The van der Waals surface area contributed by atoms with E-state index in [0.29, 0.717) is 0 Å². The van der Waals surface area contributed by atoms with Gasteiger partial charge >= 0.3 is 0 Å². The van der Waals surface area contributed by atoms with Gasteiger partial charge in [0.05, 0.1) is 11.9 Å². The van der Waals surface area contributed by atoms with E-state index in [1.807, 2.05) is 6.92 Å². The quantitative estimate of drug-likeness (QED) is 0.815. The Kier molecular flexibility index (Phi) is 3.02. The zero-order valence-corrected chi connectivity index (χ0v) is 11.2. The molecule has 1 saturated carbocycles. The van der Waals surface area contributed by atoms with Crippen LogP contribution in [0.3, 0.4) is 0 Å². The minimum absolute atomic E-state index is 0.786. The first-order chi connectivity index (χ1) is 8.74. The lowest BCUT2D eigenvalue weighted by Gasteiger charge is -2.22. The van der Waals surface area contributed by atoms with Crippen LogP contribution < -0.4 is 0 Å². The van der Waals surface area contributed by atoms with Gasteiger partial charge in [-0.25, -0.2) is 15.0 Å². The third-order valence-electron chi connectivity index (χ3n) is 3.94. The predicted octanol–water partition coefficient (Wildman–Crippen LogP) is 3.02. The normalized spacial score (nSPS) is 17.4. The molecule has 18 heavy (non-hydrogen) atoms. The lowest BCUT2D eigenvalue weighted by Crippen LogP contribution is -2.15. The SMILES string of the molecule is Cc1cnc2nc(C)n(CC3CCCCC3)c2n1. The fourth-order valence-corrected chi connectivity index (χ4v) is 2.93. The van der Waals surface area contributed by atoms with E-state index in [4.69, 9.17) is 0 Å². The van der Waals surface area contributed by atoms with E-state index in [1.165, 1.54) is 32.1 Å². The van der Waals surface area contributed by atoms with Gasteiger partial charge in [0.2, 0.25) is 0 Å². The van der Waals surface area contributed by atoms with E-state index in [9.17, 15) is 0 Å². The summed E-state index contributed by atoms with van der Waals surface area (Å²) in [5, 5.41) is 0. The van der Waals surface area contributed by atoms with Crippen LogP contribution in [-0.2, 0) is 6.54 Å². The number of imidazole rings is 1. The van der Waals surface area contributed by atoms with Crippen LogP contribution in [0.2, 0.25) is 0 Å². The predicted molar refractivity (Wildman–Crippen MR) is 71.4 cm³/mol. The molecular formula is C14H20N4. The van der Waals surface area contributed by atoms with E-state index >= 15 is 0 Å². The Hall–Kier alpha value is -1.45. The summed E-state index contributed by atoms with van der Waals surface area (Å²) in [6.45, 7) is 5.10. The largest absolute Gasteiger partial charge is 0.311 e. The van der Waals surface area contributed by atoms with Gasteiger partial charge in [-0.15, -0.1) is 0 Å². The Morgan fingerprint density at radius 1 is 1.17 bits per heavy atom. The molecule has 0 unspecified atom stereocenters. The molecule has 1 aliphatic carbocycles. The van der Waals surface area contributed by atoms with E-state index in [2.05, 4.69) is 26.4 Å². The van der Waals surface area contributed by atoms with Crippen LogP contribution in [0.15, 0.2) is 6.20 Å². The topological polar surface area (TPSA) is 43.6 Å². The van der Waals surface area contributed by atoms with Crippen LogP contribution in [0.4, 0.5) is 0 Å². The molecule has 4 heteroatoms. The van der Waals surface area contributed by atoms with Crippen molar-refractivity contribution in [1.82, 2.24) is 19.5 Å². The van der Waals surface area contributed by atoms with Crippen molar-refractivity contribution in [3.05, 3.63) is 17.7 Å². The molecule has 4 nitrogen and oxygen atoms in total. The molecule has 96 valence electrons. The summed E-state index contributed by atoms with van der Waals surface area (Å²) in [5.74, 6) is 1.83. The lowest BCUT2D eigenvalue weighted by molar-refractivity contribution is 0.319. The fourth-order valence-electron chi connectivity index (χ4n) is 2.93. The molecule has 0 bridgehead atoms. The van der Waals surface area contributed by atoms with Crippen molar-refractivity contribution in [2.24, 2.45) is 5.92 Å². The fraction of sp³-hybridized carbons (Fsp3) is 0.643.